The molecule has 3 heterocycles. The summed E-state index contributed by atoms with van der Waals surface area (Å²) < 4.78 is 27.9. The van der Waals surface area contributed by atoms with E-state index >= 15 is 0 Å². The summed E-state index contributed by atoms with van der Waals surface area (Å²) in [6.07, 6.45) is 1.62. The van der Waals surface area contributed by atoms with Crippen LogP contribution in [0.15, 0.2) is 35.1 Å². The van der Waals surface area contributed by atoms with E-state index in [1.165, 1.54) is 34.2 Å². The summed E-state index contributed by atoms with van der Waals surface area (Å²) in [6.45, 7) is 1.51. The molecule has 2 aromatic heterocycles. The molecule has 0 unspecified atom stereocenters. The highest BCUT2D eigenvalue weighted by Crippen LogP contribution is 2.29. The van der Waals surface area contributed by atoms with E-state index in [-0.39, 0.29) is 11.6 Å². The topological polar surface area (TPSA) is 75.9 Å². The SMILES string of the molecule is Cn1nc(-c2nnc(N3CCC(Nc4cc(F)cc(F)c4)CC3)s2)ccc1=O. The van der Waals surface area contributed by atoms with Gasteiger partial charge in [0.25, 0.3) is 5.56 Å². The maximum Gasteiger partial charge on any atom is 0.266 e. The molecule has 0 radical (unpaired) electrons. The number of rotatable bonds is 4. The summed E-state index contributed by atoms with van der Waals surface area (Å²) in [4.78, 5) is 13.6. The van der Waals surface area contributed by atoms with E-state index in [4.69, 9.17) is 0 Å². The number of nitrogens with one attached hydrogen (secondary N) is 1. The molecular formula is C18H18F2N6OS. The highest BCUT2D eigenvalue weighted by molar-refractivity contribution is 7.18. The molecule has 28 heavy (non-hydrogen) atoms. The van der Waals surface area contributed by atoms with Gasteiger partial charge in [0.15, 0.2) is 5.01 Å². The van der Waals surface area contributed by atoms with Crippen molar-refractivity contribution < 1.29 is 8.78 Å². The van der Waals surface area contributed by atoms with Crippen molar-refractivity contribution in [2.45, 2.75) is 18.9 Å². The average Bonchev–Trinajstić information content (AvgIpc) is 3.14. The first-order valence-electron chi connectivity index (χ1n) is 8.84. The summed E-state index contributed by atoms with van der Waals surface area (Å²) in [5.41, 5.74) is 0.881. The molecule has 1 saturated heterocycles. The highest BCUT2D eigenvalue weighted by atomic mass is 32.1. The molecule has 10 heteroatoms. The van der Waals surface area contributed by atoms with Gasteiger partial charge in [0.05, 0.1) is 0 Å². The van der Waals surface area contributed by atoms with Crippen molar-refractivity contribution in [2.24, 2.45) is 7.05 Å². The summed E-state index contributed by atoms with van der Waals surface area (Å²) in [5.74, 6) is -1.18. The number of hydrogen-bond donors (Lipinski definition) is 1. The molecule has 1 fully saturated rings. The largest absolute Gasteiger partial charge is 0.382 e. The number of anilines is 2. The van der Waals surface area contributed by atoms with Crippen LogP contribution in [0.1, 0.15) is 12.8 Å². The third-order valence-corrected chi connectivity index (χ3v) is 5.60. The predicted octanol–water partition coefficient (Wildman–Crippen LogP) is 2.66. The zero-order chi connectivity index (χ0) is 19.7. The van der Waals surface area contributed by atoms with Gasteiger partial charge in [0, 0.05) is 44.0 Å². The smallest absolute Gasteiger partial charge is 0.266 e. The Morgan fingerprint density at radius 2 is 1.82 bits per heavy atom. The molecule has 0 saturated carbocycles. The second kappa shape index (κ2) is 7.63. The molecule has 7 nitrogen and oxygen atoms in total. The average molecular weight is 404 g/mol. The molecule has 4 rings (SSSR count). The molecular weight excluding hydrogens is 386 g/mol. The lowest BCUT2D eigenvalue weighted by Crippen LogP contribution is -2.39. The van der Waals surface area contributed by atoms with Crippen LogP contribution in [-0.4, -0.2) is 39.1 Å². The Kier molecular flexibility index (Phi) is 5.03. The van der Waals surface area contributed by atoms with Gasteiger partial charge in [-0.2, -0.15) is 5.10 Å². The van der Waals surface area contributed by atoms with Crippen LogP contribution >= 0.6 is 11.3 Å². The fourth-order valence-corrected chi connectivity index (χ4v) is 4.01. The van der Waals surface area contributed by atoms with Gasteiger partial charge in [-0.05, 0) is 31.0 Å². The van der Waals surface area contributed by atoms with Gasteiger partial charge in [-0.1, -0.05) is 11.3 Å². The number of aromatic nitrogens is 4. The lowest BCUT2D eigenvalue weighted by Gasteiger charge is -2.32. The van der Waals surface area contributed by atoms with Crippen LogP contribution in [0, 0.1) is 11.6 Å². The quantitative estimate of drug-likeness (QED) is 0.721. The number of nitrogens with zero attached hydrogens (tertiary/aromatic N) is 5. The summed E-state index contributed by atoms with van der Waals surface area (Å²) in [5, 5.41) is 17.3. The van der Waals surface area contributed by atoms with E-state index in [1.54, 1.807) is 13.1 Å². The van der Waals surface area contributed by atoms with E-state index < -0.39 is 11.6 Å². The minimum atomic E-state index is -0.589. The van der Waals surface area contributed by atoms with Gasteiger partial charge >= 0.3 is 0 Å². The molecule has 146 valence electrons. The molecule has 3 aromatic rings. The van der Waals surface area contributed by atoms with E-state index in [1.807, 2.05) is 0 Å². The third-order valence-electron chi connectivity index (χ3n) is 4.59. The van der Waals surface area contributed by atoms with Gasteiger partial charge in [-0.3, -0.25) is 4.79 Å². The molecule has 1 N–H and O–H groups in total. The maximum atomic E-state index is 13.3. The molecule has 0 amide bonds. The van der Waals surface area contributed by atoms with E-state index in [0.29, 0.717) is 16.4 Å². The van der Waals surface area contributed by atoms with Crippen molar-refractivity contribution in [3.05, 3.63) is 52.3 Å². The van der Waals surface area contributed by atoms with Gasteiger partial charge in [-0.15, -0.1) is 10.2 Å². The lowest BCUT2D eigenvalue weighted by atomic mass is 10.1. The van der Waals surface area contributed by atoms with Crippen LogP contribution in [0.5, 0.6) is 0 Å². The summed E-state index contributed by atoms with van der Waals surface area (Å²) in [7, 11) is 1.59. The minimum Gasteiger partial charge on any atom is -0.382 e. The van der Waals surface area contributed by atoms with Crippen LogP contribution < -0.4 is 15.8 Å². The number of benzene rings is 1. The van der Waals surface area contributed by atoms with Gasteiger partial charge < -0.3 is 10.2 Å². The molecule has 1 aliphatic rings. The van der Waals surface area contributed by atoms with Crippen LogP contribution in [-0.2, 0) is 7.05 Å². The normalized spacial score (nSPS) is 15.0. The Labute approximate surface area is 163 Å². The highest BCUT2D eigenvalue weighted by Gasteiger charge is 2.22. The summed E-state index contributed by atoms with van der Waals surface area (Å²) in [6, 6.07) is 6.69. The Bertz CT molecular complexity index is 1020. The van der Waals surface area contributed by atoms with Crippen LogP contribution in [0.4, 0.5) is 19.6 Å². The molecule has 0 atom stereocenters. The van der Waals surface area contributed by atoms with Crippen molar-refractivity contribution in [2.75, 3.05) is 23.3 Å². The molecule has 1 aliphatic heterocycles. The van der Waals surface area contributed by atoms with Gasteiger partial charge in [0.2, 0.25) is 5.13 Å². The number of piperidine rings is 1. The zero-order valence-corrected chi connectivity index (χ0v) is 15.9. The molecule has 0 spiro atoms. The Morgan fingerprint density at radius 1 is 1.11 bits per heavy atom. The van der Waals surface area contributed by atoms with Gasteiger partial charge in [0.1, 0.15) is 17.3 Å². The maximum absolute atomic E-state index is 13.3. The van der Waals surface area contributed by atoms with E-state index in [9.17, 15) is 13.6 Å². The number of hydrogen-bond acceptors (Lipinski definition) is 7. The van der Waals surface area contributed by atoms with E-state index in [2.05, 4.69) is 25.5 Å². The fraction of sp³-hybridized carbons (Fsp3) is 0.333. The zero-order valence-electron chi connectivity index (χ0n) is 15.1. The summed E-state index contributed by atoms with van der Waals surface area (Å²) >= 11 is 1.42. The lowest BCUT2D eigenvalue weighted by molar-refractivity contribution is 0.523. The molecule has 0 aliphatic carbocycles. The van der Waals surface area contributed by atoms with Crippen molar-refractivity contribution in [3.8, 4) is 10.7 Å². The number of halogens is 2. The Hall–Kier alpha value is -2.88. The Balaban J connectivity index is 1.39. The van der Waals surface area contributed by atoms with Gasteiger partial charge in [-0.25, -0.2) is 13.5 Å². The van der Waals surface area contributed by atoms with Crippen molar-refractivity contribution >= 4 is 22.2 Å². The van der Waals surface area contributed by atoms with Crippen molar-refractivity contribution in [1.82, 2.24) is 20.0 Å². The van der Waals surface area contributed by atoms with Crippen LogP contribution in [0.25, 0.3) is 10.7 Å². The number of aryl methyl sites for hydroxylation is 1. The third kappa shape index (κ3) is 4.01. The first kappa shape index (κ1) is 18.5. The molecule has 0 bridgehead atoms. The Morgan fingerprint density at radius 3 is 2.50 bits per heavy atom. The predicted molar refractivity (Wildman–Crippen MR) is 104 cm³/mol. The van der Waals surface area contributed by atoms with Crippen LogP contribution in [0.3, 0.4) is 0 Å². The first-order chi connectivity index (χ1) is 13.5. The van der Waals surface area contributed by atoms with Crippen molar-refractivity contribution in [1.29, 1.82) is 0 Å². The fourth-order valence-electron chi connectivity index (χ4n) is 3.15. The minimum absolute atomic E-state index is 0.134. The van der Waals surface area contributed by atoms with Crippen LogP contribution in [0.2, 0.25) is 0 Å². The first-order valence-corrected chi connectivity index (χ1v) is 9.65. The monoisotopic (exact) mass is 404 g/mol. The molecule has 1 aromatic carbocycles. The second-order valence-electron chi connectivity index (χ2n) is 6.63. The standard InChI is InChI=1S/C18H18F2N6OS/c1-25-16(27)3-2-15(24-25)17-22-23-18(28-17)26-6-4-13(5-7-26)21-14-9-11(19)8-12(20)10-14/h2-3,8-10,13,21H,4-7H2,1H3. The van der Waals surface area contributed by atoms with E-state index in [0.717, 1.165) is 37.1 Å². The second-order valence-corrected chi connectivity index (χ2v) is 7.59. The van der Waals surface area contributed by atoms with Crippen molar-refractivity contribution in [3.63, 3.8) is 0 Å².